The average molecular weight is 131 g/mol. The molecule has 2 heteroatoms. The molecule has 0 aliphatic rings. The highest BCUT2D eigenvalue weighted by molar-refractivity contribution is 6.17. The van der Waals surface area contributed by atoms with Crippen molar-refractivity contribution in [1.29, 1.82) is 0 Å². The molecular weight excluding hydrogens is 120 g/mol. The molecule has 0 bridgehead atoms. The molecule has 0 N–H and O–H groups in total. The maximum Gasteiger partial charge on any atom is 0.316 e. The third-order valence-electron chi connectivity index (χ3n) is 0.521. The first-order valence-electron chi connectivity index (χ1n) is 1.97. The Morgan fingerprint density at radius 2 is 2.14 bits per heavy atom. The Kier molecular flexibility index (Phi) is 10.4. The lowest BCUT2D eigenvalue weighted by atomic mass is 10.3. The van der Waals surface area contributed by atoms with Gasteiger partial charge in [-0.3, -0.25) is 0 Å². The van der Waals surface area contributed by atoms with Crippen molar-refractivity contribution in [1.82, 2.24) is 0 Å². The Bertz CT molecular complexity index is 52.0. The summed E-state index contributed by atoms with van der Waals surface area (Å²) >= 11 is 5.34. The van der Waals surface area contributed by atoms with Gasteiger partial charge in [-0.15, -0.1) is 18.2 Å². The Morgan fingerprint density at radius 3 is 2.14 bits per heavy atom. The van der Waals surface area contributed by atoms with Gasteiger partial charge in [0, 0.05) is 5.88 Å². The van der Waals surface area contributed by atoms with E-state index in [9.17, 15) is 0 Å². The van der Waals surface area contributed by atoms with Gasteiger partial charge in [0.1, 0.15) is 0 Å². The minimum atomic E-state index is 0. The summed E-state index contributed by atoms with van der Waals surface area (Å²) in [6.07, 6.45) is 0.946. The summed E-state index contributed by atoms with van der Waals surface area (Å²) in [5.41, 5.74) is 1.16. The first kappa shape index (κ1) is 10.7. The molecule has 0 unspecified atom stereocenters. The average Bonchev–Trinajstić information content (AvgIpc) is 1.35. The normalized spacial score (nSPS) is 7.14. The summed E-state index contributed by atoms with van der Waals surface area (Å²) < 4.78 is 0. The highest BCUT2D eigenvalue weighted by atomic mass is 35.5. The number of alkyl halides is 1. The summed E-state index contributed by atoms with van der Waals surface area (Å²) in [6.45, 7) is 5.64. The van der Waals surface area contributed by atoms with Crippen LogP contribution >= 0.6 is 11.6 Å². The first-order valence-corrected chi connectivity index (χ1v) is 2.51. The fourth-order valence-corrected chi connectivity index (χ4v) is 0.484. The topological polar surface area (TPSA) is 0 Å². The van der Waals surface area contributed by atoms with Crippen molar-refractivity contribution in [3.8, 4) is 0 Å². The molecule has 0 atom stereocenters. The van der Waals surface area contributed by atoms with Crippen LogP contribution in [-0.2, 0) is 0 Å². The SMILES string of the molecule is C=C(C)CCCl.[MgH2]. The molecular formula is C5H11ClMg. The predicted molar refractivity (Wildman–Crippen MR) is 38.7 cm³/mol. The standard InChI is InChI=1S/C5H9Cl.Mg.2H/c1-5(2)3-4-6;;;/h1,3-4H2,2H3;;;. The van der Waals surface area contributed by atoms with Gasteiger partial charge in [-0.05, 0) is 13.3 Å². The third-order valence-corrected chi connectivity index (χ3v) is 0.710. The molecule has 0 heterocycles. The summed E-state index contributed by atoms with van der Waals surface area (Å²) in [7, 11) is 0. The highest BCUT2D eigenvalue weighted by Gasteiger charge is 1.77. The van der Waals surface area contributed by atoms with Gasteiger partial charge >= 0.3 is 23.1 Å². The lowest BCUT2D eigenvalue weighted by Crippen LogP contribution is -1.71. The minimum absolute atomic E-state index is 0. The molecule has 0 amide bonds. The molecule has 0 aliphatic carbocycles. The van der Waals surface area contributed by atoms with Gasteiger partial charge < -0.3 is 0 Å². The van der Waals surface area contributed by atoms with Gasteiger partial charge in [0.05, 0.1) is 0 Å². The van der Waals surface area contributed by atoms with Crippen molar-refractivity contribution in [2.45, 2.75) is 13.3 Å². The van der Waals surface area contributed by atoms with Crippen molar-refractivity contribution < 1.29 is 0 Å². The van der Waals surface area contributed by atoms with Crippen molar-refractivity contribution in [2.75, 3.05) is 5.88 Å². The summed E-state index contributed by atoms with van der Waals surface area (Å²) in [5.74, 6) is 0.704. The number of hydrogen-bond acceptors (Lipinski definition) is 0. The molecule has 0 aromatic heterocycles. The quantitative estimate of drug-likeness (QED) is 0.300. The first-order chi connectivity index (χ1) is 2.77. The van der Waals surface area contributed by atoms with E-state index in [0.29, 0.717) is 5.88 Å². The lowest BCUT2D eigenvalue weighted by molar-refractivity contribution is 1.12. The van der Waals surface area contributed by atoms with Crippen molar-refractivity contribution in [2.24, 2.45) is 0 Å². The van der Waals surface area contributed by atoms with Crippen LogP contribution in [0.5, 0.6) is 0 Å². The molecule has 0 aromatic rings. The molecule has 0 spiro atoms. The molecule has 7 heavy (non-hydrogen) atoms. The van der Waals surface area contributed by atoms with E-state index in [1.807, 2.05) is 6.92 Å². The van der Waals surface area contributed by atoms with Crippen molar-refractivity contribution in [3.05, 3.63) is 12.2 Å². The summed E-state index contributed by atoms with van der Waals surface area (Å²) in [5, 5.41) is 0. The van der Waals surface area contributed by atoms with Crippen LogP contribution < -0.4 is 0 Å². The van der Waals surface area contributed by atoms with Gasteiger partial charge in [-0.2, -0.15) is 0 Å². The predicted octanol–water partition coefficient (Wildman–Crippen LogP) is 1.28. The van der Waals surface area contributed by atoms with E-state index in [1.165, 1.54) is 0 Å². The molecule has 0 saturated carbocycles. The summed E-state index contributed by atoms with van der Waals surface area (Å²) in [6, 6.07) is 0. The second-order valence-electron chi connectivity index (χ2n) is 1.40. The van der Waals surface area contributed by atoms with Gasteiger partial charge in [0.25, 0.3) is 0 Å². The van der Waals surface area contributed by atoms with Crippen LogP contribution in [0.3, 0.4) is 0 Å². The maximum atomic E-state index is 5.34. The maximum absolute atomic E-state index is 5.34. The van der Waals surface area contributed by atoms with Gasteiger partial charge in [-0.25, -0.2) is 0 Å². The van der Waals surface area contributed by atoms with Crippen LogP contribution in [0.25, 0.3) is 0 Å². The van der Waals surface area contributed by atoms with E-state index < -0.39 is 0 Å². The van der Waals surface area contributed by atoms with Gasteiger partial charge in [-0.1, -0.05) is 5.57 Å². The molecule has 0 saturated heterocycles. The molecule has 0 radical (unpaired) electrons. The van der Waals surface area contributed by atoms with Crippen molar-refractivity contribution >= 4 is 34.7 Å². The Labute approximate surface area is 66.1 Å². The smallest absolute Gasteiger partial charge is 0.126 e. The number of allylic oxidation sites excluding steroid dienone is 1. The van der Waals surface area contributed by atoms with Gasteiger partial charge in [0.15, 0.2) is 0 Å². The monoisotopic (exact) mass is 130 g/mol. The zero-order chi connectivity index (χ0) is 4.99. The molecule has 0 nitrogen and oxygen atoms in total. The second kappa shape index (κ2) is 6.80. The van der Waals surface area contributed by atoms with Crippen LogP contribution in [0, 0.1) is 0 Å². The molecule has 0 aliphatic heterocycles. The largest absolute Gasteiger partial charge is 0.316 e. The zero-order valence-electron chi connectivity index (χ0n) is 4.00. The number of hydrogen-bond donors (Lipinski definition) is 0. The van der Waals surface area contributed by atoms with E-state index in [-0.39, 0.29) is 23.1 Å². The van der Waals surface area contributed by atoms with Crippen LogP contribution in [0.2, 0.25) is 0 Å². The number of rotatable bonds is 2. The van der Waals surface area contributed by atoms with Crippen molar-refractivity contribution in [3.63, 3.8) is 0 Å². The van der Waals surface area contributed by atoms with Crippen LogP contribution in [0.1, 0.15) is 13.3 Å². The van der Waals surface area contributed by atoms with Crippen LogP contribution in [0.4, 0.5) is 0 Å². The minimum Gasteiger partial charge on any atom is -0.126 e. The number of halogens is 1. The Balaban J connectivity index is 0. The zero-order valence-corrected chi connectivity index (χ0v) is 4.76. The van der Waals surface area contributed by atoms with E-state index >= 15 is 0 Å². The Morgan fingerprint density at radius 1 is 1.71 bits per heavy atom. The molecule has 0 aromatic carbocycles. The highest BCUT2D eigenvalue weighted by Crippen LogP contribution is 1.94. The fraction of sp³-hybridized carbons (Fsp3) is 0.600. The van der Waals surface area contributed by atoms with E-state index in [0.717, 1.165) is 12.0 Å². The second-order valence-corrected chi connectivity index (χ2v) is 1.77. The van der Waals surface area contributed by atoms with Gasteiger partial charge in [0.2, 0.25) is 0 Å². The summed E-state index contributed by atoms with van der Waals surface area (Å²) in [4.78, 5) is 0. The Hall–Kier alpha value is 0.796. The van der Waals surface area contributed by atoms with Crippen LogP contribution in [-0.4, -0.2) is 28.9 Å². The van der Waals surface area contributed by atoms with E-state index in [4.69, 9.17) is 11.6 Å². The fourth-order valence-electron chi connectivity index (χ4n) is 0.161. The lowest BCUT2D eigenvalue weighted by Gasteiger charge is -1.85. The molecule has 0 fully saturated rings. The molecule has 40 valence electrons. The van der Waals surface area contributed by atoms with Crippen LogP contribution in [0.15, 0.2) is 12.2 Å². The third kappa shape index (κ3) is 10.8. The van der Waals surface area contributed by atoms with E-state index in [2.05, 4.69) is 6.58 Å². The van der Waals surface area contributed by atoms with E-state index in [1.54, 1.807) is 0 Å². The molecule has 0 rings (SSSR count).